The van der Waals surface area contributed by atoms with E-state index in [0.717, 1.165) is 32.1 Å². The van der Waals surface area contributed by atoms with Crippen LogP contribution in [0.3, 0.4) is 0 Å². The molecule has 1 aromatic rings. The van der Waals surface area contributed by atoms with Gasteiger partial charge in [0.1, 0.15) is 13.2 Å². The van der Waals surface area contributed by atoms with Crippen molar-refractivity contribution in [1.82, 2.24) is 10.6 Å². The number of nitrogens with one attached hydrogen (secondary N) is 3. The minimum absolute atomic E-state index is 0.0604. The SMILES string of the molecule is CCC(C)(C)C(=O)OCCOCCNC(=O)Nc1ccc(CC(=O)O)cc1.CCCCC(CC)COC(=O)CCCCOC(=O)CCCCCOC(=O)NCCOC(=O)C(C)(C)CC. The van der Waals surface area contributed by atoms with Crippen LogP contribution in [0.15, 0.2) is 24.3 Å². The van der Waals surface area contributed by atoms with Crippen LogP contribution < -0.4 is 16.0 Å². The van der Waals surface area contributed by atoms with Crippen LogP contribution in [0.2, 0.25) is 0 Å². The second kappa shape index (κ2) is 35.4. The van der Waals surface area contributed by atoms with Gasteiger partial charge in [0, 0.05) is 25.1 Å². The highest BCUT2D eigenvalue weighted by Gasteiger charge is 2.27. The van der Waals surface area contributed by atoms with Crippen molar-refractivity contribution in [2.75, 3.05) is 64.7 Å². The highest BCUT2D eigenvalue weighted by Crippen LogP contribution is 2.22. The Morgan fingerprint density at radius 3 is 1.77 bits per heavy atom. The van der Waals surface area contributed by atoms with Gasteiger partial charge in [0.15, 0.2) is 0 Å². The number of ether oxygens (including phenoxy) is 6. The van der Waals surface area contributed by atoms with E-state index in [0.29, 0.717) is 94.9 Å². The van der Waals surface area contributed by atoms with Gasteiger partial charge in [0.2, 0.25) is 0 Å². The Morgan fingerprint density at radius 1 is 0.609 bits per heavy atom. The van der Waals surface area contributed by atoms with Crippen molar-refractivity contribution in [1.29, 1.82) is 0 Å². The maximum absolute atomic E-state index is 11.9. The summed E-state index contributed by atoms with van der Waals surface area (Å²) in [6, 6.07) is 6.18. The van der Waals surface area contributed by atoms with E-state index in [1.165, 1.54) is 0 Å². The van der Waals surface area contributed by atoms with Gasteiger partial charge in [-0.15, -0.1) is 0 Å². The molecule has 3 amide bonds. The third kappa shape index (κ3) is 31.0. The lowest BCUT2D eigenvalue weighted by Gasteiger charge is -2.20. The summed E-state index contributed by atoms with van der Waals surface area (Å²) in [4.78, 5) is 81.3. The molecule has 0 heterocycles. The smallest absolute Gasteiger partial charge is 0.407 e. The predicted molar refractivity (Wildman–Crippen MR) is 243 cm³/mol. The number of rotatable bonds is 33. The molecule has 1 rings (SSSR count). The van der Waals surface area contributed by atoms with E-state index >= 15 is 0 Å². The highest BCUT2D eigenvalue weighted by molar-refractivity contribution is 5.89. The molecule has 0 saturated carbocycles. The zero-order chi connectivity index (χ0) is 48.2. The molecule has 0 fully saturated rings. The van der Waals surface area contributed by atoms with Crippen molar-refractivity contribution in [2.24, 2.45) is 16.7 Å². The van der Waals surface area contributed by atoms with Gasteiger partial charge >= 0.3 is 42.0 Å². The van der Waals surface area contributed by atoms with Crippen molar-refractivity contribution in [2.45, 2.75) is 145 Å². The first-order chi connectivity index (χ1) is 30.4. The topological polar surface area (TPSA) is 231 Å². The van der Waals surface area contributed by atoms with E-state index in [1.54, 1.807) is 24.3 Å². The minimum Gasteiger partial charge on any atom is -0.481 e. The highest BCUT2D eigenvalue weighted by atomic mass is 16.6. The summed E-state index contributed by atoms with van der Waals surface area (Å²) in [5, 5.41) is 16.5. The molecule has 1 unspecified atom stereocenters. The van der Waals surface area contributed by atoms with Gasteiger partial charge in [0.25, 0.3) is 0 Å². The summed E-state index contributed by atoms with van der Waals surface area (Å²) in [6.07, 6.45) is 9.12. The number of esters is 4. The van der Waals surface area contributed by atoms with Gasteiger partial charge in [-0.2, -0.15) is 0 Å². The van der Waals surface area contributed by atoms with Crippen LogP contribution in [0.5, 0.6) is 0 Å². The molecule has 0 aliphatic carbocycles. The van der Waals surface area contributed by atoms with Gasteiger partial charge < -0.3 is 49.5 Å². The van der Waals surface area contributed by atoms with Crippen molar-refractivity contribution < 1.29 is 67.1 Å². The fourth-order valence-corrected chi connectivity index (χ4v) is 5.14. The number of carbonyl (C=O) groups is 7. The minimum atomic E-state index is -0.905. The van der Waals surface area contributed by atoms with Crippen LogP contribution in [0.1, 0.15) is 144 Å². The number of carboxylic acids is 1. The fraction of sp³-hybridized carbons (Fsp3) is 0.723. The number of benzene rings is 1. The number of urea groups is 1. The Hall–Kier alpha value is -4.93. The molecule has 366 valence electrons. The summed E-state index contributed by atoms with van der Waals surface area (Å²) in [5.41, 5.74) is 0.192. The molecule has 1 atom stereocenters. The van der Waals surface area contributed by atoms with Gasteiger partial charge in [0.05, 0.1) is 56.8 Å². The molecule has 0 aliphatic rings. The second-order valence-corrected chi connectivity index (χ2v) is 16.7. The summed E-state index contributed by atoms with van der Waals surface area (Å²) in [7, 11) is 0. The van der Waals surface area contributed by atoms with Gasteiger partial charge in [-0.3, -0.25) is 24.0 Å². The molecular formula is C47H79N3O14. The molecule has 1 aromatic carbocycles. The standard InChI is InChI=1S/C28H51NO8.C19H28N2O6/c1-6-9-15-23(7-2)22-37-25(31)17-12-14-19-34-24(30)16-11-10-13-20-36-27(33)29-18-21-35-26(32)28(4,5)8-3;1-4-19(2,3)17(24)27-12-11-26-10-9-20-18(25)21-15-7-5-14(6-8-15)13-16(22)23/h23H,6-22H2,1-5H3,(H,29,33);5-8H,4,9-13H2,1-3H3,(H,22,23)(H2,20,21,25). The fourth-order valence-electron chi connectivity index (χ4n) is 5.14. The number of hydrogen-bond acceptors (Lipinski definition) is 13. The zero-order valence-corrected chi connectivity index (χ0v) is 39.9. The van der Waals surface area contributed by atoms with Crippen LogP contribution in [-0.2, 0) is 58.8 Å². The number of amides is 3. The summed E-state index contributed by atoms with van der Waals surface area (Å²) >= 11 is 0. The number of carbonyl (C=O) groups excluding carboxylic acids is 6. The molecule has 0 saturated heterocycles. The van der Waals surface area contributed by atoms with Crippen molar-refractivity contribution in [3.63, 3.8) is 0 Å². The molecule has 17 heteroatoms. The summed E-state index contributed by atoms with van der Waals surface area (Å²) in [6.45, 7) is 17.8. The van der Waals surface area contributed by atoms with Crippen molar-refractivity contribution in [3.8, 4) is 0 Å². The van der Waals surface area contributed by atoms with Crippen LogP contribution in [0, 0.1) is 16.7 Å². The van der Waals surface area contributed by atoms with Crippen LogP contribution in [0.4, 0.5) is 15.3 Å². The Labute approximate surface area is 381 Å². The lowest BCUT2D eigenvalue weighted by atomic mass is 9.91. The van der Waals surface area contributed by atoms with Crippen LogP contribution in [0.25, 0.3) is 0 Å². The number of anilines is 1. The quantitative estimate of drug-likeness (QED) is 0.0296. The monoisotopic (exact) mass is 910 g/mol. The first kappa shape index (κ1) is 59.1. The number of alkyl carbamates (subject to hydrolysis) is 1. The number of carboxylic acid groups (broad SMARTS) is 1. The van der Waals surface area contributed by atoms with E-state index in [2.05, 4.69) is 29.8 Å². The van der Waals surface area contributed by atoms with E-state index < -0.39 is 22.9 Å². The molecule has 0 aromatic heterocycles. The average Bonchev–Trinajstić information content (AvgIpc) is 3.26. The van der Waals surface area contributed by atoms with Crippen molar-refractivity contribution >= 4 is 47.7 Å². The third-order valence-corrected chi connectivity index (χ3v) is 10.4. The molecular weight excluding hydrogens is 831 g/mol. The third-order valence-electron chi connectivity index (χ3n) is 10.4. The molecule has 0 bridgehead atoms. The second-order valence-electron chi connectivity index (χ2n) is 16.7. The van der Waals surface area contributed by atoms with Crippen molar-refractivity contribution in [3.05, 3.63) is 29.8 Å². The Bertz CT molecular complexity index is 1500. The Balaban J connectivity index is 0.00000130. The van der Waals surface area contributed by atoms with E-state index in [-0.39, 0.29) is 69.3 Å². The molecule has 0 radical (unpaired) electrons. The Kier molecular flexibility index (Phi) is 32.7. The van der Waals surface area contributed by atoms with E-state index in [9.17, 15) is 33.6 Å². The van der Waals surface area contributed by atoms with Crippen LogP contribution >= 0.6 is 0 Å². The first-order valence-corrected chi connectivity index (χ1v) is 22.9. The average molecular weight is 910 g/mol. The predicted octanol–water partition coefficient (Wildman–Crippen LogP) is 8.16. The first-order valence-electron chi connectivity index (χ1n) is 22.9. The van der Waals surface area contributed by atoms with Gasteiger partial charge in [-0.1, -0.05) is 59.1 Å². The largest absolute Gasteiger partial charge is 0.481 e. The normalized spacial score (nSPS) is 11.5. The summed E-state index contributed by atoms with van der Waals surface area (Å²) < 4.78 is 31.2. The zero-order valence-electron chi connectivity index (χ0n) is 39.9. The molecule has 0 aliphatic heterocycles. The van der Waals surface area contributed by atoms with E-state index in [1.807, 2.05) is 41.5 Å². The van der Waals surface area contributed by atoms with Crippen LogP contribution in [-0.4, -0.2) is 106 Å². The lowest BCUT2D eigenvalue weighted by Crippen LogP contribution is -2.32. The van der Waals surface area contributed by atoms with Gasteiger partial charge in [-0.05, 0) is 103 Å². The number of unbranched alkanes of at least 4 members (excludes halogenated alkanes) is 4. The Morgan fingerprint density at radius 2 is 1.17 bits per heavy atom. The lowest BCUT2D eigenvalue weighted by molar-refractivity contribution is -0.156. The number of aliphatic carboxylic acids is 1. The molecule has 0 spiro atoms. The molecule has 4 N–H and O–H groups in total. The molecule has 64 heavy (non-hydrogen) atoms. The number of hydrogen-bond donors (Lipinski definition) is 4. The van der Waals surface area contributed by atoms with E-state index in [4.69, 9.17) is 33.5 Å². The maximum atomic E-state index is 11.9. The molecule has 17 nitrogen and oxygen atoms in total. The summed E-state index contributed by atoms with van der Waals surface area (Å²) in [5.74, 6) is -1.45. The van der Waals surface area contributed by atoms with Gasteiger partial charge in [-0.25, -0.2) is 9.59 Å². The maximum Gasteiger partial charge on any atom is 0.407 e.